The van der Waals surface area contributed by atoms with Crippen LogP contribution in [0.2, 0.25) is 0 Å². The summed E-state index contributed by atoms with van der Waals surface area (Å²) in [5.41, 5.74) is 4.49. The van der Waals surface area contributed by atoms with Crippen molar-refractivity contribution in [3.05, 3.63) is 63.6 Å². The molecule has 0 spiro atoms. The van der Waals surface area contributed by atoms with E-state index in [0.29, 0.717) is 11.1 Å². The van der Waals surface area contributed by atoms with E-state index < -0.39 is 0 Å². The third kappa shape index (κ3) is 3.68. The fourth-order valence-corrected chi connectivity index (χ4v) is 2.02. The number of nitrogens with one attached hydrogen (secondary N) is 1. The molecule has 5 heteroatoms. The number of phenolic OH excluding ortho intramolecular Hbond substituents is 1. The Labute approximate surface area is 125 Å². The number of aryl methyl sites for hydroxylation is 1. The number of halogens is 1. The van der Waals surface area contributed by atoms with Crippen molar-refractivity contribution < 1.29 is 9.90 Å². The van der Waals surface area contributed by atoms with Crippen LogP contribution in [0, 0.1) is 6.92 Å². The standard InChI is InChI=1S/C15H13BrN2O2/c1-10-3-2-4-11(7-10)15(20)18-17-9-12-8-13(16)5-6-14(12)19/h2-9,19H,1H3,(H,18,20). The van der Waals surface area contributed by atoms with E-state index in [9.17, 15) is 9.90 Å². The molecule has 0 aromatic heterocycles. The predicted octanol–water partition coefficient (Wildman–Crippen LogP) is 3.23. The lowest BCUT2D eigenvalue weighted by Gasteiger charge is -2.02. The van der Waals surface area contributed by atoms with E-state index >= 15 is 0 Å². The highest BCUT2D eigenvalue weighted by molar-refractivity contribution is 9.10. The van der Waals surface area contributed by atoms with Crippen LogP contribution < -0.4 is 5.43 Å². The number of amides is 1. The van der Waals surface area contributed by atoms with Crippen LogP contribution in [-0.2, 0) is 0 Å². The average Bonchev–Trinajstić information content (AvgIpc) is 2.42. The number of benzene rings is 2. The molecule has 0 heterocycles. The molecule has 4 nitrogen and oxygen atoms in total. The molecule has 0 aliphatic carbocycles. The lowest BCUT2D eigenvalue weighted by atomic mass is 10.1. The summed E-state index contributed by atoms with van der Waals surface area (Å²) in [6.07, 6.45) is 1.40. The molecule has 20 heavy (non-hydrogen) atoms. The summed E-state index contributed by atoms with van der Waals surface area (Å²) in [7, 11) is 0. The number of hydrogen-bond donors (Lipinski definition) is 2. The summed E-state index contributed by atoms with van der Waals surface area (Å²) in [6.45, 7) is 1.92. The van der Waals surface area contributed by atoms with Crippen molar-refractivity contribution in [2.24, 2.45) is 5.10 Å². The van der Waals surface area contributed by atoms with Gasteiger partial charge < -0.3 is 5.11 Å². The average molecular weight is 333 g/mol. The van der Waals surface area contributed by atoms with Crippen molar-refractivity contribution in [3.63, 3.8) is 0 Å². The minimum Gasteiger partial charge on any atom is -0.507 e. The highest BCUT2D eigenvalue weighted by atomic mass is 79.9. The van der Waals surface area contributed by atoms with Gasteiger partial charge in [-0.2, -0.15) is 5.10 Å². The molecule has 0 saturated carbocycles. The first-order valence-corrected chi connectivity index (χ1v) is 6.74. The molecule has 2 aromatic carbocycles. The van der Waals surface area contributed by atoms with Gasteiger partial charge in [0.25, 0.3) is 5.91 Å². The smallest absolute Gasteiger partial charge is 0.271 e. The van der Waals surface area contributed by atoms with E-state index in [1.165, 1.54) is 6.21 Å². The van der Waals surface area contributed by atoms with E-state index in [1.54, 1.807) is 30.3 Å². The fraction of sp³-hybridized carbons (Fsp3) is 0.0667. The topological polar surface area (TPSA) is 61.7 Å². The van der Waals surface area contributed by atoms with Gasteiger partial charge in [0, 0.05) is 15.6 Å². The van der Waals surface area contributed by atoms with E-state index in [1.807, 2.05) is 19.1 Å². The van der Waals surface area contributed by atoms with Gasteiger partial charge in [0.2, 0.25) is 0 Å². The Morgan fingerprint density at radius 1 is 1.30 bits per heavy atom. The molecule has 2 rings (SSSR count). The van der Waals surface area contributed by atoms with Crippen LogP contribution in [0.3, 0.4) is 0 Å². The maximum absolute atomic E-state index is 11.8. The van der Waals surface area contributed by atoms with Crippen molar-refractivity contribution in [1.29, 1.82) is 0 Å². The number of rotatable bonds is 3. The molecule has 2 N–H and O–H groups in total. The lowest BCUT2D eigenvalue weighted by molar-refractivity contribution is 0.0955. The van der Waals surface area contributed by atoms with E-state index in [2.05, 4.69) is 26.5 Å². The van der Waals surface area contributed by atoms with Crippen molar-refractivity contribution in [1.82, 2.24) is 5.43 Å². The monoisotopic (exact) mass is 332 g/mol. The molecule has 0 saturated heterocycles. The highest BCUT2D eigenvalue weighted by Gasteiger charge is 2.04. The Balaban J connectivity index is 2.06. The molecule has 0 fully saturated rings. The van der Waals surface area contributed by atoms with Crippen molar-refractivity contribution in [2.75, 3.05) is 0 Å². The molecule has 1 amide bonds. The summed E-state index contributed by atoms with van der Waals surface area (Å²) in [5.74, 6) is -0.193. The summed E-state index contributed by atoms with van der Waals surface area (Å²) in [4.78, 5) is 11.8. The van der Waals surface area contributed by atoms with Gasteiger partial charge in [-0.25, -0.2) is 5.43 Å². The number of hydrogen-bond acceptors (Lipinski definition) is 3. The third-order valence-corrected chi connectivity index (χ3v) is 3.13. The second-order valence-electron chi connectivity index (χ2n) is 4.27. The van der Waals surface area contributed by atoms with Crippen LogP contribution >= 0.6 is 15.9 Å². The molecule has 0 aliphatic rings. The largest absolute Gasteiger partial charge is 0.507 e. The minimum atomic E-state index is -0.292. The maximum atomic E-state index is 11.8. The van der Waals surface area contributed by atoms with Gasteiger partial charge in [-0.05, 0) is 37.3 Å². The van der Waals surface area contributed by atoms with Crippen LogP contribution in [0.25, 0.3) is 0 Å². The normalized spacial score (nSPS) is 10.7. The van der Waals surface area contributed by atoms with E-state index in [-0.39, 0.29) is 11.7 Å². The summed E-state index contributed by atoms with van der Waals surface area (Å²) < 4.78 is 0.821. The van der Waals surface area contributed by atoms with Crippen LogP contribution in [0.1, 0.15) is 21.5 Å². The zero-order valence-corrected chi connectivity index (χ0v) is 12.4. The van der Waals surface area contributed by atoms with Crippen LogP contribution in [-0.4, -0.2) is 17.2 Å². The van der Waals surface area contributed by atoms with Crippen LogP contribution in [0.5, 0.6) is 5.75 Å². The number of nitrogens with zero attached hydrogens (tertiary/aromatic N) is 1. The molecule has 0 radical (unpaired) electrons. The van der Waals surface area contributed by atoms with E-state index in [0.717, 1.165) is 10.0 Å². The van der Waals surface area contributed by atoms with Gasteiger partial charge in [0.05, 0.1) is 6.21 Å². The summed E-state index contributed by atoms with van der Waals surface area (Å²) in [6, 6.07) is 12.2. The first-order chi connectivity index (χ1) is 9.56. The SMILES string of the molecule is Cc1cccc(C(=O)NN=Cc2cc(Br)ccc2O)c1. The first-order valence-electron chi connectivity index (χ1n) is 5.95. The van der Waals surface area contributed by atoms with Gasteiger partial charge in [-0.15, -0.1) is 0 Å². The Morgan fingerprint density at radius 3 is 2.85 bits per heavy atom. The molecular weight excluding hydrogens is 320 g/mol. The predicted molar refractivity (Wildman–Crippen MR) is 82.0 cm³/mol. The van der Waals surface area contributed by atoms with Gasteiger partial charge in [-0.1, -0.05) is 33.6 Å². The second kappa shape index (κ2) is 6.34. The number of aromatic hydroxyl groups is 1. The third-order valence-electron chi connectivity index (χ3n) is 2.64. The first kappa shape index (κ1) is 14.3. The van der Waals surface area contributed by atoms with Gasteiger partial charge >= 0.3 is 0 Å². The Morgan fingerprint density at radius 2 is 2.10 bits per heavy atom. The van der Waals surface area contributed by atoms with Gasteiger partial charge in [-0.3, -0.25) is 4.79 Å². The number of phenols is 1. The van der Waals surface area contributed by atoms with Crippen LogP contribution in [0.15, 0.2) is 52.0 Å². The Hall–Kier alpha value is -2.14. The van der Waals surface area contributed by atoms with Crippen molar-refractivity contribution >= 4 is 28.1 Å². The fourth-order valence-electron chi connectivity index (χ4n) is 1.64. The highest BCUT2D eigenvalue weighted by Crippen LogP contribution is 2.19. The molecule has 0 unspecified atom stereocenters. The molecule has 2 aromatic rings. The zero-order chi connectivity index (χ0) is 14.5. The van der Waals surface area contributed by atoms with Gasteiger partial charge in [0.1, 0.15) is 5.75 Å². The minimum absolute atomic E-state index is 0.0988. The Bertz CT molecular complexity index is 669. The molecule has 102 valence electrons. The molecule has 0 aliphatic heterocycles. The lowest BCUT2D eigenvalue weighted by Crippen LogP contribution is -2.17. The molecule has 0 atom stereocenters. The summed E-state index contributed by atoms with van der Waals surface area (Å²) in [5, 5.41) is 13.5. The van der Waals surface area contributed by atoms with Crippen molar-refractivity contribution in [2.45, 2.75) is 6.92 Å². The maximum Gasteiger partial charge on any atom is 0.271 e. The van der Waals surface area contributed by atoms with E-state index in [4.69, 9.17) is 0 Å². The number of hydrazone groups is 1. The Kier molecular flexibility index (Phi) is 4.53. The zero-order valence-electron chi connectivity index (χ0n) is 10.8. The van der Waals surface area contributed by atoms with Crippen LogP contribution in [0.4, 0.5) is 0 Å². The molecule has 0 bridgehead atoms. The van der Waals surface area contributed by atoms with Gasteiger partial charge in [0.15, 0.2) is 0 Å². The second-order valence-corrected chi connectivity index (χ2v) is 5.19. The summed E-state index contributed by atoms with van der Waals surface area (Å²) >= 11 is 3.30. The van der Waals surface area contributed by atoms with Crippen molar-refractivity contribution in [3.8, 4) is 5.75 Å². The number of carbonyl (C=O) groups excluding carboxylic acids is 1. The number of carbonyl (C=O) groups is 1. The molecular formula is C15H13BrN2O2. The quantitative estimate of drug-likeness (QED) is 0.669.